The normalized spacial score (nSPS) is 17.1. The number of pyridine rings is 1. The van der Waals surface area contributed by atoms with Crippen molar-refractivity contribution in [1.29, 1.82) is 5.26 Å². The lowest BCUT2D eigenvalue weighted by molar-refractivity contribution is -0.0592. The molecule has 1 atom stereocenters. The molecule has 0 radical (unpaired) electrons. The third kappa shape index (κ3) is 9.34. The summed E-state index contributed by atoms with van der Waals surface area (Å²) in [5, 5.41) is 12.2. The average molecular weight is 711 g/mol. The zero-order valence-corrected chi connectivity index (χ0v) is 31.1. The van der Waals surface area contributed by atoms with Gasteiger partial charge in [-0.15, -0.1) is 0 Å². The van der Waals surface area contributed by atoms with Crippen molar-refractivity contribution in [2.75, 3.05) is 26.3 Å². The second-order valence-corrected chi connectivity index (χ2v) is 15.4. The van der Waals surface area contributed by atoms with Gasteiger partial charge in [-0.2, -0.15) is 5.26 Å². The van der Waals surface area contributed by atoms with Crippen molar-refractivity contribution in [3.8, 4) is 11.9 Å². The molecule has 2 fully saturated rings. The number of hydrogen-bond acceptors (Lipinski definition) is 8. The molecule has 0 unspecified atom stereocenters. The number of amides is 1. The van der Waals surface area contributed by atoms with Crippen LogP contribution < -0.4 is 10.1 Å². The van der Waals surface area contributed by atoms with Crippen LogP contribution in [0.5, 0.6) is 5.88 Å². The van der Waals surface area contributed by atoms with Crippen LogP contribution >= 0.6 is 0 Å². The molecular formula is C41H51FN6O4. The standard InChI is InChI=1S/C41H51FN6O4/c1-6-17-41(4,5)52-27-40(2,3)46-39(49)30-12-13-35-36(22-30)48(24-32-16-20-50-32)37(44-35)25-47-18-14-29(15-19-47)34-8-7-9-38(45-34)51-26-31-11-10-28(23-43)21-33(31)42/h7-13,21-22,29,32H,6,14-20,24-27H2,1-5H3,(H,46,49)/t32-/m0/s1. The van der Waals surface area contributed by atoms with Gasteiger partial charge in [0.2, 0.25) is 5.88 Å². The summed E-state index contributed by atoms with van der Waals surface area (Å²) < 4.78 is 34.5. The first-order valence-corrected chi connectivity index (χ1v) is 18.5. The van der Waals surface area contributed by atoms with Crippen LogP contribution in [0.25, 0.3) is 11.0 Å². The number of nitrogens with zero attached hydrogens (tertiary/aromatic N) is 5. The summed E-state index contributed by atoms with van der Waals surface area (Å²) in [7, 11) is 0. The van der Waals surface area contributed by atoms with E-state index < -0.39 is 11.4 Å². The van der Waals surface area contributed by atoms with Crippen molar-refractivity contribution in [3.63, 3.8) is 0 Å². The average Bonchev–Trinajstić information content (AvgIpc) is 3.44. The lowest BCUT2D eigenvalue weighted by atomic mass is 9.93. The first kappa shape index (κ1) is 37.4. The zero-order chi connectivity index (χ0) is 36.9. The molecule has 0 spiro atoms. The maximum absolute atomic E-state index is 14.4. The highest BCUT2D eigenvalue weighted by Gasteiger charge is 2.29. The van der Waals surface area contributed by atoms with Crippen LogP contribution in [0.4, 0.5) is 4.39 Å². The Balaban J connectivity index is 1.09. The first-order chi connectivity index (χ1) is 24.9. The highest BCUT2D eigenvalue weighted by Crippen LogP contribution is 2.30. The number of fused-ring (bicyclic) bond motifs is 1. The van der Waals surface area contributed by atoms with Gasteiger partial charge in [0.25, 0.3) is 5.91 Å². The molecule has 0 saturated carbocycles. The van der Waals surface area contributed by atoms with Gasteiger partial charge >= 0.3 is 0 Å². The predicted molar refractivity (Wildman–Crippen MR) is 198 cm³/mol. The number of likely N-dealkylation sites (tertiary alicyclic amines) is 1. The Morgan fingerprint density at radius 1 is 1.08 bits per heavy atom. The molecule has 2 aliphatic heterocycles. The molecule has 11 heteroatoms. The van der Waals surface area contributed by atoms with E-state index >= 15 is 0 Å². The van der Waals surface area contributed by atoms with Crippen LogP contribution in [0.2, 0.25) is 0 Å². The van der Waals surface area contributed by atoms with E-state index in [2.05, 4.69) is 35.6 Å². The van der Waals surface area contributed by atoms with Gasteiger partial charge < -0.3 is 24.1 Å². The van der Waals surface area contributed by atoms with E-state index in [1.165, 1.54) is 6.07 Å². The Morgan fingerprint density at radius 2 is 1.87 bits per heavy atom. The predicted octanol–water partition coefficient (Wildman–Crippen LogP) is 7.29. The van der Waals surface area contributed by atoms with Gasteiger partial charge in [0.05, 0.1) is 59.6 Å². The summed E-state index contributed by atoms with van der Waals surface area (Å²) in [5.74, 6) is 1.11. The largest absolute Gasteiger partial charge is 0.473 e. The number of halogens is 1. The molecular weight excluding hydrogens is 659 g/mol. The molecule has 52 heavy (non-hydrogen) atoms. The number of carbonyl (C=O) groups excluding carboxylic acids is 1. The smallest absolute Gasteiger partial charge is 0.251 e. The van der Waals surface area contributed by atoms with Gasteiger partial charge in [0.15, 0.2) is 0 Å². The molecule has 2 aliphatic rings. The third-order valence-electron chi connectivity index (χ3n) is 10.1. The monoisotopic (exact) mass is 710 g/mol. The van der Waals surface area contributed by atoms with Crippen molar-refractivity contribution in [2.24, 2.45) is 0 Å². The first-order valence-electron chi connectivity index (χ1n) is 18.5. The minimum absolute atomic E-state index is 0.0378. The van der Waals surface area contributed by atoms with Gasteiger partial charge in [-0.3, -0.25) is 9.69 Å². The fraction of sp³-hybridized carbons (Fsp3) is 0.512. The number of aromatic nitrogens is 3. The molecule has 2 saturated heterocycles. The van der Waals surface area contributed by atoms with Crippen molar-refractivity contribution in [1.82, 2.24) is 24.8 Å². The van der Waals surface area contributed by atoms with Gasteiger partial charge in [0.1, 0.15) is 18.2 Å². The highest BCUT2D eigenvalue weighted by molar-refractivity contribution is 5.97. The zero-order valence-electron chi connectivity index (χ0n) is 31.1. The quantitative estimate of drug-likeness (QED) is 0.137. The Morgan fingerprint density at radius 3 is 2.56 bits per heavy atom. The van der Waals surface area contributed by atoms with E-state index in [1.54, 1.807) is 18.2 Å². The molecule has 6 rings (SSSR count). The fourth-order valence-corrected chi connectivity index (χ4v) is 6.95. The summed E-state index contributed by atoms with van der Waals surface area (Å²) in [6.45, 7) is 14.7. The topological polar surface area (TPSA) is 115 Å². The van der Waals surface area contributed by atoms with Gasteiger partial charge in [-0.05, 0) is 103 Å². The molecule has 4 heterocycles. The summed E-state index contributed by atoms with van der Waals surface area (Å²) in [5.41, 5.74) is 3.24. The second kappa shape index (κ2) is 16.1. The number of rotatable bonds is 15. The number of hydrogen-bond donors (Lipinski definition) is 1. The van der Waals surface area contributed by atoms with Crippen molar-refractivity contribution in [2.45, 2.75) is 110 Å². The third-order valence-corrected chi connectivity index (χ3v) is 10.1. The van der Waals surface area contributed by atoms with E-state index in [-0.39, 0.29) is 35.7 Å². The van der Waals surface area contributed by atoms with E-state index in [0.29, 0.717) is 36.7 Å². The van der Waals surface area contributed by atoms with Crippen LogP contribution in [0.1, 0.15) is 106 Å². The van der Waals surface area contributed by atoms with Gasteiger partial charge in [0, 0.05) is 35.4 Å². The second-order valence-electron chi connectivity index (χ2n) is 15.4. The number of nitriles is 1. The van der Waals surface area contributed by atoms with Crippen molar-refractivity contribution >= 4 is 16.9 Å². The van der Waals surface area contributed by atoms with E-state index in [0.717, 1.165) is 74.4 Å². The number of benzene rings is 2. The Bertz CT molecular complexity index is 1900. The molecule has 1 amide bonds. The number of nitrogens with one attached hydrogen (secondary N) is 1. The van der Waals surface area contributed by atoms with Crippen LogP contribution in [-0.4, -0.2) is 68.9 Å². The van der Waals surface area contributed by atoms with Crippen LogP contribution in [-0.2, 0) is 29.2 Å². The number of piperidine rings is 1. The summed E-state index contributed by atoms with van der Waals surface area (Å²) >= 11 is 0. The molecule has 4 aromatic rings. The number of imidazole rings is 1. The number of ether oxygens (including phenoxy) is 3. The minimum Gasteiger partial charge on any atom is -0.473 e. The lowest BCUT2D eigenvalue weighted by Gasteiger charge is -2.32. The van der Waals surface area contributed by atoms with E-state index in [9.17, 15) is 9.18 Å². The molecule has 276 valence electrons. The SMILES string of the molecule is CCCC(C)(C)OCC(C)(C)NC(=O)c1ccc2nc(CN3CCC(c4cccc(OCc5ccc(C#N)cc5F)n4)CC3)n(C[C@@H]3CCO3)c2c1. The summed E-state index contributed by atoms with van der Waals surface area (Å²) in [6, 6.07) is 17.8. The molecule has 1 N–H and O–H groups in total. The molecule has 10 nitrogen and oxygen atoms in total. The van der Waals surface area contributed by atoms with Crippen LogP contribution in [0.15, 0.2) is 54.6 Å². The Labute approximate surface area is 306 Å². The Kier molecular flexibility index (Phi) is 11.6. The number of carbonyl (C=O) groups is 1. The minimum atomic E-state index is -0.538. The molecule has 0 bridgehead atoms. The van der Waals surface area contributed by atoms with Crippen molar-refractivity contribution in [3.05, 3.63) is 88.6 Å². The fourth-order valence-electron chi connectivity index (χ4n) is 6.95. The van der Waals surface area contributed by atoms with E-state index in [1.807, 2.05) is 50.2 Å². The van der Waals surface area contributed by atoms with Crippen molar-refractivity contribution < 1.29 is 23.4 Å². The lowest BCUT2D eigenvalue weighted by Crippen LogP contribution is -2.48. The van der Waals surface area contributed by atoms with Gasteiger partial charge in [-0.25, -0.2) is 14.4 Å². The summed E-state index contributed by atoms with van der Waals surface area (Å²) in [4.78, 5) is 25.8. The van der Waals surface area contributed by atoms with Crippen LogP contribution in [0, 0.1) is 17.1 Å². The highest BCUT2D eigenvalue weighted by atomic mass is 19.1. The Hall–Kier alpha value is -4.37. The molecule has 2 aromatic carbocycles. The maximum Gasteiger partial charge on any atom is 0.251 e. The molecule has 0 aliphatic carbocycles. The maximum atomic E-state index is 14.4. The van der Waals surface area contributed by atoms with Crippen LogP contribution in [0.3, 0.4) is 0 Å². The summed E-state index contributed by atoms with van der Waals surface area (Å²) in [6.07, 6.45) is 5.01. The van der Waals surface area contributed by atoms with Gasteiger partial charge in [-0.1, -0.05) is 25.5 Å². The van der Waals surface area contributed by atoms with E-state index in [4.69, 9.17) is 29.4 Å². The molecule has 2 aromatic heterocycles.